The lowest BCUT2D eigenvalue weighted by Crippen LogP contribution is -2.72. The van der Waals surface area contributed by atoms with Crippen LogP contribution >= 0.6 is 0 Å². The number of unbranched alkanes of at least 4 members (excludes halogenated alkanes) is 2. The molecule has 0 radical (unpaired) electrons. The van der Waals surface area contributed by atoms with Crippen LogP contribution in [0.4, 0.5) is 0 Å². The van der Waals surface area contributed by atoms with Crippen LogP contribution < -0.4 is 4.74 Å². The van der Waals surface area contributed by atoms with Crippen molar-refractivity contribution in [3.05, 3.63) is 74.9 Å². The molecule has 1 saturated carbocycles. The van der Waals surface area contributed by atoms with Crippen molar-refractivity contribution in [3.63, 3.8) is 0 Å². The Balaban J connectivity index is 1.31. The average molecular weight is 786 g/mol. The molecule has 0 amide bonds. The third-order valence-corrected chi connectivity index (χ3v) is 12.6. The third-order valence-electron chi connectivity index (χ3n) is 12.6. The molecule has 2 N–H and O–H groups in total. The number of phenols is 2. The van der Waals surface area contributed by atoms with Crippen molar-refractivity contribution in [2.45, 2.75) is 130 Å². The fourth-order valence-electron chi connectivity index (χ4n) is 9.51. The number of hydrogen-bond donors (Lipinski definition) is 2. The minimum absolute atomic E-state index is 0.0000239. The molecule has 57 heavy (non-hydrogen) atoms. The van der Waals surface area contributed by atoms with E-state index in [2.05, 4.69) is 24.8 Å². The van der Waals surface area contributed by atoms with Gasteiger partial charge in [0.1, 0.15) is 22.8 Å². The first-order valence-electron chi connectivity index (χ1n) is 20.9. The van der Waals surface area contributed by atoms with Crippen molar-refractivity contribution in [2.75, 3.05) is 39.5 Å². The molecule has 4 unspecified atom stereocenters. The highest BCUT2D eigenvalue weighted by molar-refractivity contribution is 6.18. The predicted octanol–water partition coefficient (Wildman–Crippen LogP) is 8.23. The predicted molar refractivity (Wildman–Crippen MR) is 220 cm³/mol. The van der Waals surface area contributed by atoms with Crippen LogP contribution in [0.2, 0.25) is 0 Å². The fraction of sp³-hybridized carbons (Fsp3) is 0.596. The quantitative estimate of drug-likeness (QED) is 0.0732. The van der Waals surface area contributed by atoms with Gasteiger partial charge in [0.25, 0.3) is 0 Å². The first kappa shape index (κ1) is 42.6. The molecule has 2 saturated heterocycles. The van der Waals surface area contributed by atoms with Crippen molar-refractivity contribution >= 4 is 17.5 Å². The second-order valence-electron chi connectivity index (χ2n) is 17.7. The molecular weight excluding hydrogens is 723 g/mol. The van der Waals surface area contributed by atoms with Crippen LogP contribution in [-0.2, 0) is 36.6 Å². The van der Waals surface area contributed by atoms with Crippen LogP contribution in [0.25, 0.3) is 0 Å². The normalized spacial score (nSPS) is 26.4. The van der Waals surface area contributed by atoms with Gasteiger partial charge in [-0.15, -0.1) is 0 Å². The second kappa shape index (κ2) is 17.1. The second-order valence-corrected chi connectivity index (χ2v) is 17.7. The molecular formula is C47H63NO9. The zero-order chi connectivity index (χ0) is 41.3. The molecule has 0 aromatic heterocycles. The molecule has 10 heteroatoms. The zero-order valence-electron chi connectivity index (χ0n) is 35.3. The fourth-order valence-corrected chi connectivity index (χ4v) is 9.51. The average Bonchev–Trinajstić information content (AvgIpc) is 3.31. The molecule has 7 rings (SSSR count). The summed E-state index contributed by atoms with van der Waals surface area (Å²) in [5, 5.41) is 23.8. The van der Waals surface area contributed by atoms with Crippen molar-refractivity contribution in [2.24, 2.45) is 11.8 Å². The van der Waals surface area contributed by atoms with Gasteiger partial charge in [-0.25, -0.2) is 4.79 Å². The molecule has 4 atom stereocenters. The number of aromatic hydroxyl groups is 2. The summed E-state index contributed by atoms with van der Waals surface area (Å²) in [4.78, 5) is 45.2. The molecule has 1 aromatic carbocycles. The number of ketones is 2. The van der Waals surface area contributed by atoms with Gasteiger partial charge >= 0.3 is 5.97 Å². The summed E-state index contributed by atoms with van der Waals surface area (Å²) in [6.45, 7) is 20.3. The van der Waals surface area contributed by atoms with E-state index >= 15 is 0 Å². The van der Waals surface area contributed by atoms with E-state index in [0.29, 0.717) is 29.7 Å². The Morgan fingerprint density at radius 2 is 1.61 bits per heavy atom. The van der Waals surface area contributed by atoms with Gasteiger partial charge in [0.05, 0.1) is 25.4 Å². The number of benzene rings is 1. The Bertz CT molecular complexity index is 1920. The maximum Gasteiger partial charge on any atom is 0.333 e. The molecule has 1 spiro atoms. The zero-order valence-corrected chi connectivity index (χ0v) is 35.3. The van der Waals surface area contributed by atoms with Gasteiger partial charge in [-0.1, -0.05) is 47.1 Å². The van der Waals surface area contributed by atoms with Crippen LogP contribution in [0.15, 0.2) is 58.2 Å². The summed E-state index contributed by atoms with van der Waals surface area (Å²) in [6.07, 6.45) is 14.8. The van der Waals surface area contributed by atoms with Gasteiger partial charge in [-0.05, 0) is 113 Å². The minimum atomic E-state index is -1.63. The number of ether oxygens (including phenoxy) is 4. The first-order chi connectivity index (χ1) is 27.0. The Kier molecular flexibility index (Phi) is 12.8. The maximum absolute atomic E-state index is 15.0. The van der Waals surface area contributed by atoms with E-state index in [1.54, 1.807) is 19.1 Å². The number of phenolic OH excluding ortho intramolecular Hbond substituents is 2. The van der Waals surface area contributed by atoms with Gasteiger partial charge < -0.3 is 29.2 Å². The molecule has 1 aromatic rings. The number of morpholine rings is 1. The lowest BCUT2D eigenvalue weighted by Gasteiger charge is -2.56. The largest absolute Gasteiger partial charge is 0.507 e. The van der Waals surface area contributed by atoms with Gasteiger partial charge in [-0.3, -0.25) is 14.5 Å². The number of rotatable bonds is 16. The SMILES string of the molecule is CC(C)=CCC/C(C)=C/Cc1c(O)c(CC=C(C)C)c2c(c1O)C(=O)C1=CC3CC4C(C)(C)OC(C/C=C(/C)C(=O)OCCCCCN5CCOCC5)(C3=O)C14O2. The van der Waals surface area contributed by atoms with E-state index in [1.165, 1.54) is 5.57 Å². The van der Waals surface area contributed by atoms with Crippen molar-refractivity contribution in [1.82, 2.24) is 4.90 Å². The number of Topliss-reactive ketones (excluding diaryl/α,β-unsaturated/α-hetero) is 2. The molecule has 3 aliphatic carbocycles. The molecule has 3 heterocycles. The third kappa shape index (κ3) is 8.06. The summed E-state index contributed by atoms with van der Waals surface area (Å²) in [5.41, 5.74) is 0.565. The minimum Gasteiger partial charge on any atom is -0.507 e. The number of nitrogens with zero attached hydrogens (tertiary/aromatic N) is 1. The number of allylic oxidation sites excluding steroid dienone is 7. The van der Waals surface area contributed by atoms with E-state index in [0.717, 1.165) is 76.1 Å². The number of hydrogen-bond acceptors (Lipinski definition) is 10. The highest BCUT2D eigenvalue weighted by Gasteiger charge is 2.81. The lowest BCUT2D eigenvalue weighted by atomic mass is 9.51. The molecule has 3 fully saturated rings. The van der Waals surface area contributed by atoms with Gasteiger partial charge in [0, 0.05) is 53.6 Å². The maximum atomic E-state index is 15.0. The number of carbonyl (C=O) groups excluding carboxylic acids is 3. The van der Waals surface area contributed by atoms with Crippen molar-refractivity contribution in [3.8, 4) is 17.2 Å². The smallest absolute Gasteiger partial charge is 0.333 e. The topological polar surface area (TPSA) is 132 Å². The van der Waals surface area contributed by atoms with Crippen LogP contribution in [-0.4, -0.2) is 88.9 Å². The Hall–Kier alpha value is -3.99. The summed E-state index contributed by atoms with van der Waals surface area (Å²) in [5.74, 6) is -2.47. The highest BCUT2D eigenvalue weighted by Crippen LogP contribution is 2.68. The van der Waals surface area contributed by atoms with E-state index < -0.39 is 40.4 Å². The molecule has 6 aliphatic rings. The summed E-state index contributed by atoms with van der Waals surface area (Å²) < 4.78 is 25.0. The summed E-state index contributed by atoms with van der Waals surface area (Å²) in [6, 6.07) is 0. The van der Waals surface area contributed by atoms with Crippen LogP contribution in [0.1, 0.15) is 122 Å². The van der Waals surface area contributed by atoms with E-state index in [4.69, 9.17) is 18.9 Å². The summed E-state index contributed by atoms with van der Waals surface area (Å²) in [7, 11) is 0. The lowest BCUT2D eigenvalue weighted by molar-refractivity contribution is -0.171. The van der Waals surface area contributed by atoms with E-state index in [1.807, 2.05) is 46.8 Å². The molecule has 3 aliphatic heterocycles. The Labute approximate surface area is 338 Å². The molecule has 10 nitrogen and oxygen atoms in total. The standard InChI is InChI=1S/C47H63NO9/c1-29(2)13-12-14-31(5)16-18-34-39(49)35(17-15-30(3)4)42-38(40(34)50)41(51)36-27-33-28-37-45(7,8)57-46(43(33)52,47(36,37)56-42)20-19-32(6)44(53)55-24-11-9-10-21-48-22-25-54-26-23-48/h13,15-16,19,27,33,37,49-50H,9-12,14,17-18,20-26,28H2,1-8H3/b31-16+,32-19-. The van der Waals surface area contributed by atoms with Gasteiger partial charge in [-0.2, -0.15) is 0 Å². The van der Waals surface area contributed by atoms with Crippen LogP contribution in [0, 0.1) is 11.8 Å². The molecule has 310 valence electrons. The van der Waals surface area contributed by atoms with E-state index in [-0.39, 0.29) is 53.4 Å². The number of carbonyl (C=O) groups is 3. The van der Waals surface area contributed by atoms with Gasteiger partial charge in [0.2, 0.25) is 0 Å². The summed E-state index contributed by atoms with van der Waals surface area (Å²) >= 11 is 0. The Morgan fingerprint density at radius 1 is 0.912 bits per heavy atom. The van der Waals surface area contributed by atoms with Crippen molar-refractivity contribution in [1.29, 1.82) is 0 Å². The van der Waals surface area contributed by atoms with Crippen LogP contribution in [0.5, 0.6) is 17.2 Å². The monoisotopic (exact) mass is 785 g/mol. The highest BCUT2D eigenvalue weighted by atomic mass is 16.6. The number of fused-ring (bicyclic) bond motifs is 1. The van der Waals surface area contributed by atoms with E-state index in [9.17, 15) is 24.6 Å². The van der Waals surface area contributed by atoms with Crippen molar-refractivity contribution < 1.29 is 43.5 Å². The van der Waals surface area contributed by atoms with Gasteiger partial charge in [0.15, 0.2) is 22.8 Å². The Morgan fingerprint density at radius 3 is 2.32 bits per heavy atom. The first-order valence-corrected chi connectivity index (χ1v) is 20.9. The number of esters is 1. The van der Waals surface area contributed by atoms with Crippen LogP contribution in [0.3, 0.4) is 0 Å². The molecule has 4 bridgehead atoms.